The molecule has 0 radical (unpaired) electrons. The van der Waals surface area contributed by atoms with E-state index in [1.807, 2.05) is 20.8 Å². The van der Waals surface area contributed by atoms with Crippen molar-refractivity contribution in [1.82, 2.24) is 4.90 Å². The van der Waals surface area contributed by atoms with Crippen LogP contribution in [0.1, 0.15) is 40.0 Å². The minimum atomic E-state index is -2.39. The van der Waals surface area contributed by atoms with Crippen molar-refractivity contribution in [2.45, 2.75) is 46.0 Å². The van der Waals surface area contributed by atoms with Crippen LogP contribution in [0.15, 0.2) is 0 Å². The summed E-state index contributed by atoms with van der Waals surface area (Å²) in [6.45, 7) is 11.4. The second-order valence-electron chi connectivity index (χ2n) is 6.57. The van der Waals surface area contributed by atoms with Gasteiger partial charge in [0.25, 0.3) is 5.92 Å². The smallest absolute Gasteiger partial charge is 0.254 e. The number of alkyl halides is 2. The summed E-state index contributed by atoms with van der Waals surface area (Å²) in [5.74, 6) is -2.39. The number of rotatable bonds is 5. The molecule has 5 heteroatoms. The van der Waals surface area contributed by atoms with Crippen LogP contribution in [-0.2, 0) is 9.47 Å². The van der Waals surface area contributed by atoms with Crippen molar-refractivity contribution in [3.8, 4) is 0 Å². The van der Waals surface area contributed by atoms with Crippen molar-refractivity contribution < 1.29 is 18.3 Å². The van der Waals surface area contributed by atoms with Crippen molar-refractivity contribution in [2.75, 3.05) is 46.1 Å². The number of ether oxygens (including phenoxy) is 2. The fourth-order valence-electron chi connectivity index (χ4n) is 3.47. The third-order valence-electron chi connectivity index (χ3n) is 5.01. The summed E-state index contributed by atoms with van der Waals surface area (Å²) in [4.78, 5) is 2.32. The van der Waals surface area contributed by atoms with E-state index in [0.29, 0.717) is 12.8 Å². The van der Waals surface area contributed by atoms with Crippen LogP contribution in [0.2, 0.25) is 0 Å². The summed E-state index contributed by atoms with van der Waals surface area (Å²) >= 11 is 0. The predicted octanol–water partition coefficient (Wildman–Crippen LogP) is 3.19. The maximum atomic E-state index is 13.3. The largest absolute Gasteiger partial charge is 0.381 e. The molecular weight excluding hydrogens is 276 g/mol. The van der Waals surface area contributed by atoms with Crippen LogP contribution in [-0.4, -0.2) is 56.9 Å². The first-order chi connectivity index (χ1) is 10.0. The number of piperidine rings is 1. The Morgan fingerprint density at radius 3 is 2.10 bits per heavy atom. The summed E-state index contributed by atoms with van der Waals surface area (Å²) in [7, 11) is 0. The van der Waals surface area contributed by atoms with E-state index in [1.165, 1.54) is 0 Å². The predicted molar refractivity (Wildman–Crippen MR) is 78.8 cm³/mol. The second-order valence-corrected chi connectivity index (χ2v) is 6.57. The number of halogens is 2. The van der Waals surface area contributed by atoms with Gasteiger partial charge in [0.15, 0.2) is 0 Å². The van der Waals surface area contributed by atoms with Crippen LogP contribution in [0.25, 0.3) is 0 Å². The van der Waals surface area contributed by atoms with E-state index in [-0.39, 0.29) is 11.8 Å². The summed E-state index contributed by atoms with van der Waals surface area (Å²) in [5, 5.41) is 0. The Bertz CT molecular complexity index is 337. The quantitative estimate of drug-likeness (QED) is 0.778. The minimum Gasteiger partial charge on any atom is -0.381 e. The molecule has 21 heavy (non-hydrogen) atoms. The van der Waals surface area contributed by atoms with Crippen LogP contribution in [0.3, 0.4) is 0 Å². The first kappa shape index (κ1) is 17.1. The number of likely N-dealkylation sites (tertiary alicyclic amines) is 1. The summed E-state index contributed by atoms with van der Waals surface area (Å²) in [6, 6.07) is 0. The molecule has 2 heterocycles. The molecule has 3 aliphatic rings. The highest BCUT2D eigenvalue weighted by Gasteiger charge is 2.70. The lowest BCUT2D eigenvalue weighted by Gasteiger charge is -2.45. The Hall–Kier alpha value is -0.260. The lowest BCUT2D eigenvalue weighted by Crippen LogP contribution is -2.55. The number of hydrogen-bond donors (Lipinski definition) is 0. The van der Waals surface area contributed by atoms with Gasteiger partial charge in [0.1, 0.15) is 0 Å². The molecule has 1 saturated carbocycles. The van der Waals surface area contributed by atoms with E-state index < -0.39 is 11.3 Å². The second kappa shape index (κ2) is 6.47. The van der Waals surface area contributed by atoms with Gasteiger partial charge in [-0.1, -0.05) is 13.8 Å². The molecule has 2 saturated heterocycles. The Morgan fingerprint density at radius 2 is 1.71 bits per heavy atom. The van der Waals surface area contributed by atoms with Gasteiger partial charge in [0.05, 0.1) is 25.2 Å². The average Bonchev–Trinajstić information content (AvgIpc) is 2.98. The van der Waals surface area contributed by atoms with Gasteiger partial charge >= 0.3 is 0 Å². The molecule has 0 aromatic heterocycles. The van der Waals surface area contributed by atoms with Gasteiger partial charge in [-0.3, -0.25) is 0 Å². The molecule has 3 nitrogen and oxygen atoms in total. The summed E-state index contributed by atoms with van der Waals surface area (Å²) in [5.41, 5.74) is -0.542. The Morgan fingerprint density at radius 1 is 1.14 bits per heavy atom. The molecular formula is C16H29F2NO2. The normalized spacial score (nSPS) is 28.4. The van der Waals surface area contributed by atoms with Crippen molar-refractivity contribution in [3.05, 3.63) is 0 Å². The van der Waals surface area contributed by atoms with E-state index in [0.717, 1.165) is 46.1 Å². The van der Waals surface area contributed by atoms with Crippen molar-refractivity contribution >= 4 is 0 Å². The van der Waals surface area contributed by atoms with Gasteiger partial charge in [-0.2, -0.15) is 0 Å². The van der Waals surface area contributed by atoms with Crippen LogP contribution in [0.4, 0.5) is 8.78 Å². The molecule has 0 unspecified atom stereocenters. The number of hydrogen-bond acceptors (Lipinski definition) is 3. The SMILES string of the molecule is CC.CCOCC1(CN2CCC3(CC2)CC3(F)F)COC1. The molecule has 0 atom stereocenters. The third kappa shape index (κ3) is 3.40. The van der Waals surface area contributed by atoms with E-state index in [4.69, 9.17) is 9.47 Å². The maximum absolute atomic E-state index is 13.3. The van der Waals surface area contributed by atoms with Crippen molar-refractivity contribution in [1.29, 1.82) is 0 Å². The first-order valence-electron chi connectivity index (χ1n) is 8.27. The van der Waals surface area contributed by atoms with Gasteiger partial charge in [-0.25, -0.2) is 8.78 Å². The van der Waals surface area contributed by atoms with Crippen LogP contribution < -0.4 is 0 Å². The monoisotopic (exact) mass is 305 g/mol. The van der Waals surface area contributed by atoms with Crippen molar-refractivity contribution in [3.63, 3.8) is 0 Å². The van der Waals surface area contributed by atoms with E-state index in [1.54, 1.807) is 0 Å². The summed E-state index contributed by atoms with van der Waals surface area (Å²) < 4.78 is 37.5. The molecule has 3 fully saturated rings. The topological polar surface area (TPSA) is 21.7 Å². The lowest BCUT2D eigenvalue weighted by molar-refractivity contribution is -0.161. The van der Waals surface area contributed by atoms with E-state index in [2.05, 4.69) is 4.90 Å². The Balaban J connectivity index is 0.000000774. The molecule has 1 aliphatic carbocycles. The van der Waals surface area contributed by atoms with E-state index >= 15 is 0 Å². The molecule has 0 N–H and O–H groups in total. The van der Waals surface area contributed by atoms with Gasteiger partial charge < -0.3 is 14.4 Å². The maximum Gasteiger partial charge on any atom is 0.254 e. The third-order valence-corrected chi connectivity index (χ3v) is 5.01. The molecule has 0 amide bonds. The Kier molecular flexibility index (Phi) is 5.27. The lowest BCUT2D eigenvalue weighted by atomic mass is 9.84. The molecule has 1 spiro atoms. The average molecular weight is 305 g/mol. The molecule has 3 rings (SSSR count). The van der Waals surface area contributed by atoms with Crippen molar-refractivity contribution in [2.24, 2.45) is 10.8 Å². The zero-order chi connectivity index (χ0) is 15.6. The molecule has 0 bridgehead atoms. The fourth-order valence-corrected chi connectivity index (χ4v) is 3.47. The molecule has 0 aromatic carbocycles. The highest BCUT2D eigenvalue weighted by atomic mass is 19.3. The fraction of sp³-hybridized carbons (Fsp3) is 1.00. The molecule has 0 aromatic rings. The number of nitrogens with zero attached hydrogens (tertiary/aromatic N) is 1. The van der Waals surface area contributed by atoms with Crippen LogP contribution in [0.5, 0.6) is 0 Å². The zero-order valence-electron chi connectivity index (χ0n) is 13.6. The van der Waals surface area contributed by atoms with Gasteiger partial charge in [-0.05, 0) is 32.9 Å². The highest BCUT2D eigenvalue weighted by molar-refractivity contribution is 5.12. The standard InChI is InChI=1S/C14H23F2NO2.C2H6/c1-2-18-9-12(10-19-11-12)8-17-5-3-13(4-6-17)7-14(13,15)16;1-2/h2-11H2,1H3;1-2H3. The van der Waals surface area contributed by atoms with Gasteiger partial charge in [0, 0.05) is 25.0 Å². The highest BCUT2D eigenvalue weighted by Crippen LogP contribution is 2.65. The van der Waals surface area contributed by atoms with Gasteiger partial charge in [-0.15, -0.1) is 0 Å². The molecule has 124 valence electrons. The van der Waals surface area contributed by atoms with Crippen LogP contribution in [0, 0.1) is 10.8 Å². The van der Waals surface area contributed by atoms with Crippen LogP contribution >= 0.6 is 0 Å². The zero-order valence-corrected chi connectivity index (χ0v) is 13.6. The van der Waals surface area contributed by atoms with E-state index in [9.17, 15) is 8.78 Å². The minimum absolute atomic E-state index is 0.104. The summed E-state index contributed by atoms with van der Waals surface area (Å²) in [6.07, 6.45) is 1.40. The Labute approximate surface area is 127 Å². The molecule has 2 aliphatic heterocycles. The van der Waals surface area contributed by atoms with Gasteiger partial charge in [0.2, 0.25) is 0 Å². The first-order valence-corrected chi connectivity index (χ1v) is 8.27.